The van der Waals surface area contributed by atoms with Crippen LogP contribution in [0.3, 0.4) is 0 Å². The Balaban J connectivity index is 2.59. The zero-order valence-electron chi connectivity index (χ0n) is 7.79. The Morgan fingerprint density at radius 1 is 1.50 bits per heavy atom. The fourth-order valence-corrected chi connectivity index (χ4v) is 2.22. The van der Waals surface area contributed by atoms with Crippen molar-refractivity contribution in [3.05, 3.63) is 34.4 Å². The third kappa shape index (κ3) is 1.56. The highest BCUT2D eigenvalue weighted by Gasteiger charge is 2.04. The number of fused-ring (bicyclic) bond motifs is 1. The standard InChI is InChI=1S/C10H11BrN2O/c1-13-6-9(11)8-4-7(5-12-14)2-3-10(8)13/h2-4,6,12,14H,5H2,1H3. The van der Waals surface area contributed by atoms with Crippen LogP contribution in [0.1, 0.15) is 5.56 Å². The average molecular weight is 255 g/mol. The molecule has 14 heavy (non-hydrogen) atoms. The summed E-state index contributed by atoms with van der Waals surface area (Å²) in [4.78, 5) is 0. The summed E-state index contributed by atoms with van der Waals surface area (Å²) in [5.41, 5.74) is 4.39. The fraction of sp³-hybridized carbons (Fsp3) is 0.200. The number of hydroxylamine groups is 1. The molecule has 2 aromatic rings. The van der Waals surface area contributed by atoms with Crippen LogP contribution in [0.25, 0.3) is 10.9 Å². The van der Waals surface area contributed by atoms with E-state index in [0.29, 0.717) is 6.54 Å². The highest BCUT2D eigenvalue weighted by Crippen LogP contribution is 2.26. The normalized spacial score (nSPS) is 11.1. The van der Waals surface area contributed by atoms with Crippen molar-refractivity contribution in [3.63, 3.8) is 0 Å². The van der Waals surface area contributed by atoms with E-state index in [9.17, 15) is 0 Å². The molecule has 4 heteroatoms. The Labute approximate surface area is 90.4 Å². The van der Waals surface area contributed by atoms with Crippen molar-refractivity contribution < 1.29 is 5.21 Å². The molecular weight excluding hydrogens is 244 g/mol. The Bertz CT molecular complexity index is 464. The maximum absolute atomic E-state index is 8.60. The van der Waals surface area contributed by atoms with Gasteiger partial charge in [0.15, 0.2) is 0 Å². The first-order valence-electron chi connectivity index (χ1n) is 4.33. The van der Waals surface area contributed by atoms with E-state index in [2.05, 4.69) is 32.0 Å². The van der Waals surface area contributed by atoms with Crippen LogP contribution in [0.15, 0.2) is 28.9 Å². The lowest BCUT2D eigenvalue weighted by Gasteiger charge is -2.00. The molecule has 0 radical (unpaired) electrons. The SMILES string of the molecule is Cn1cc(Br)c2cc(CNO)ccc21. The summed E-state index contributed by atoms with van der Waals surface area (Å²) in [7, 11) is 2.01. The van der Waals surface area contributed by atoms with Crippen molar-refractivity contribution in [2.45, 2.75) is 6.54 Å². The summed E-state index contributed by atoms with van der Waals surface area (Å²) in [6, 6.07) is 6.10. The predicted molar refractivity (Wildman–Crippen MR) is 59.2 cm³/mol. The summed E-state index contributed by atoms with van der Waals surface area (Å²) in [6.07, 6.45) is 2.03. The zero-order valence-corrected chi connectivity index (χ0v) is 9.37. The Kier molecular flexibility index (Phi) is 2.58. The largest absolute Gasteiger partial charge is 0.349 e. The Hall–Kier alpha value is -0.840. The minimum absolute atomic E-state index is 0.470. The Morgan fingerprint density at radius 3 is 3.00 bits per heavy atom. The number of rotatable bonds is 2. The predicted octanol–water partition coefficient (Wildman–Crippen LogP) is 2.42. The second-order valence-corrected chi connectivity index (χ2v) is 4.13. The topological polar surface area (TPSA) is 37.2 Å². The highest BCUT2D eigenvalue weighted by molar-refractivity contribution is 9.10. The van der Waals surface area contributed by atoms with Crippen LogP contribution in [0, 0.1) is 0 Å². The van der Waals surface area contributed by atoms with E-state index in [1.807, 2.05) is 25.4 Å². The molecule has 0 saturated carbocycles. The quantitative estimate of drug-likeness (QED) is 0.808. The van der Waals surface area contributed by atoms with Crippen LogP contribution < -0.4 is 5.48 Å². The number of hydrogen-bond donors (Lipinski definition) is 2. The number of halogens is 1. The molecule has 3 nitrogen and oxygen atoms in total. The maximum atomic E-state index is 8.60. The first kappa shape index (κ1) is 9.71. The van der Waals surface area contributed by atoms with Crippen LogP contribution in [0.2, 0.25) is 0 Å². The van der Waals surface area contributed by atoms with E-state index < -0.39 is 0 Å². The van der Waals surface area contributed by atoms with Gasteiger partial charge in [-0.15, -0.1) is 0 Å². The van der Waals surface area contributed by atoms with Gasteiger partial charge in [-0.05, 0) is 33.6 Å². The summed E-state index contributed by atoms with van der Waals surface area (Å²) >= 11 is 3.50. The first-order valence-corrected chi connectivity index (χ1v) is 5.12. The van der Waals surface area contributed by atoms with Gasteiger partial charge in [0.2, 0.25) is 0 Å². The van der Waals surface area contributed by atoms with Gasteiger partial charge in [0.05, 0.1) is 0 Å². The molecule has 1 aromatic carbocycles. The van der Waals surface area contributed by atoms with Crippen molar-refractivity contribution in [2.75, 3.05) is 0 Å². The summed E-state index contributed by atoms with van der Waals surface area (Å²) in [6.45, 7) is 0.470. The van der Waals surface area contributed by atoms with E-state index in [-0.39, 0.29) is 0 Å². The molecule has 0 bridgehead atoms. The molecule has 1 heterocycles. The second kappa shape index (κ2) is 3.73. The van der Waals surface area contributed by atoms with Gasteiger partial charge in [0.25, 0.3) is 0 Å². The lowest BCUT2D eigenvalue weighted by Crippen LogP contribution is -2.05. The van der Waals surface area contributed by atoms with E-state index in [1.165, 1.54) is 10.9 Å². The minimum atomic E-state index is 0.470. The smallest absolute Gasteiger partial charge is 0.0489 e. The summed E-state index contributed by atoms with van der Waals surface area (Å²) in [5, 5.41) is 9.77. The minimum Gasteiger partial charge on any atom is -0.349 e. The Morgan fingerprint density at radius 2 is 2.29 bits per heavy atom. The van der Waals surface area contributed by atoms with Gasteiger partial charge in [-0.1, -0.05) is 6.07 Å². The molecule has 1 aromatic heterocycles. The monoisotopic (exact) mass is 254 g/mol. The van der Waals surface area contributed by atoms with Crippen LogP contribution in [-0.2, 0) is 13.6 Å². The van der Waals surface area contributed by atoms with Crippen molar-refractivity contribution >= 4 is 26.8 Å². The number of nitrogens with one attached hydrogen (secondary N) is 1. The van der Waals surface area contributed by atoms with Gasteiger partial charge >= 0.3 is 0 Å². The molecule has 0 spiro atoms. The molecule has 0 amide bonds. The zero-order chi connectivity index (χ0) is 10.1. The van der Waals surface area contributed by atoms with Gasteiger partial charge in [0, 0.05) is 35.2 Å². The number of hydrogen-bond acceptors (Lipinski definition) is 2. The number of aromatic nitrogens is 1. The van der Waals surface area contributed by atoms with Crippen molar-refractivity contribution in [3.8, 4) is 0 Å². The van der Waals surface area contributed by atoms with Gasteiger partial charge in [-0.25, -0.2) is 5.48 Å². The lowest BCUT2D eigenvalue weighted by atomic mass is 10.1. The number of nitrogens with zero attached hydrogens (tertiary/aromatic N) is 1. The van der Waals surface area contributed by atoms with Crippen LogP contribution >= 0.6 is 15.9 Å². The molecule has 0 fully saturated rings. The molecule has 0 aliphatic rings. The molecular formula is C10H11BrN2O. The van der Waals surface area contributed by atoms with Crippen molar-refractivity contribution in [1.29, 1.82) is 0 Å². The third-order valence-electron chi connectivity index (χ3n) is 2.29. The average Bonchev–Trinajstić information content (AvgIpc) is 2.43. The van der Waals surface area contributed by atoms with Gasteiger partial charge in [-0.3, -0.25) is 0 Å². The number of aryl methyl sites for hydroxylation is 1. The molecule has 0 atom stereocenters. The molecule has 2 N–H and O–H groups in total. The van der Waals surface area contributed by atoms with E-state index in [0.717, 1.165) is 10.0 Å². The van der Waals surface area contributed by atoms with E-state index in [1.54, 1.807) is 0 Å². The molecule has 0 aliphatic carbocycles. The summed E-state index contributed by atoms with van der Waals surface area (Å²) in [5.74, 6) is 0. The highest BCUT2D eigenvalue weighted by atomic mass is 79.9. The van der Waals surface area contributed by atoms with Gasteiger partial charge in [-0.2, -0.15) is 0 Å². The van der Waals surface area contributed by atoms with Crippen molar-refractivity contribution in [1.82, 2.24) is 10.0 Å². The summed E-state index contributed by atoms with van der Waals surface area (Å²) < 4.78 is 3.14. The molecule has 2 rings (SSSR count). The third-order valence-corrected chi connectivity index (χ3v) is 2.92. The lowest BCUT2D eigenvalue weighted by molar-refractivity contribution is 0.161. The maximum Gasteiger partial charge on any atom is 0.0489 e. The van der Waals surface area contributed by atoms with E-state index >= 15 is 0 Å². The van der Waals surface area contributed by atoms with Gasteiger partial charge < -0.3 is 9.77 Å². The van der Waals surface area contributed by atoms with Gasteiger partial charge in [0.1, 0.15) is 0 Å². The number of benzene rings is 1. The first-order chi connectivity index (χ1) is 6.72. The van der Waals surface area contributed by atoms with E-state index in [4.69, 9.17) is 5.21 Å². The molecule has 0 unspecified atom stereocenters. The molecule has 0 saturated heterocycles. The van der Waals surface area contributed by atoms with Crippen LogP contribution in [0.4, 0.5) is 0 Å². The molecule has 0 aliphatic heterocycles. The molecule has 74 valence electrons. The fourth-order valence-electron chi connectivity index (χ4n) is 1.59. The van der Waals surface area contributed by atoms with Crippen molar-refractivity contribution in [2.24, 2.45) is 7.05 Å². The second-order valence-electron chi connectivity index (χ2n) is 3.27. The van der Waals surface area contributed by atoms with Crippen LogP contribution in [-0.4, -0.2) is 9.77 Å². The van der Waals surface area contributed by atoms with Crippen LogP contribution in [0.5, 0.6) is 0 Å².